The molecule has 2 heterocycles. The van der Waals surface area contributed by atoms with Crippen molar-refractivity contribution in [3.05, 3.63) is 36.0 Å². The molecule has 1 fully saturated rings. The molecule has 1 saturated heterocycles. The van der Waals surface area contributed by atoms with Gasteiger partial charge in [0.15, 0.2) is 0 Å². The van der Waals surface area contributed by atoms with Crippen LogP contribution in [0.4, 0.5) is 0 Å². The second-order valence-corrected chi connectivity index (χ2v) is 8.70. The maximum absolute atomic E-state index is 12.6. The highest BCUT2D eigenvalue weighted by atomic mass is 32.2. The number of aromatic nitrogens is 1. The van der Waals surface area contributed by atoms with Gasteiger partial charge in [-0.2, -0.15) is 0 Å². The standard InChI is InChI=1S/C18H25N3O3S/c1-3-12-25(23,24)21-10-8-15(9-11-21)19-18(22)17-13-14-6-4-5-7-16(14)20(17)2/h4-7,13,15H,3,8-12H2,1-2H3,(H,19,22). The number of sulfonamides is 1. The van der Waals surface area contributed by atoms with Crippen molar-refractivity contribution in [2.75, 3.05) is 18.8 Å². The second-order valence-electron chi connectivity index (χ2n) is 6.61. The molecule has 0 atom stereocenters. The Balaban J connectivity index is 1.64. The first-order chi connectivity index (χ1) is 11.9. The Hall–Kier alpha value is -1.86. The van der Waals surface area contributed by atoms with Gasteiger partial charge in [-0.15, -0.1) is 0 Å². The molecule has 2 aromatic rings. The van der Waals surface area contributed by atoms with E-state index in [2.05, 4.69) is 5.32 Å². The number of aryl methyl sites for hydroxylation is 1. The van der Waals surface area contributed by atoms with Crippen molar-refractivity contribution in [2.45, 2.75) is 32.2 Å². The number of nitrogens with one attached hydrogen (secondary N) is 1. The number of para-hydroxylation sites is 1. The quantitative estimate of drug-likeness (QED) is 0.884. The summed E-state index contributed by atoms with van der Waals surface area (Å²) in [5.41, 5.74) is 1.65. The van der Waals surface area contributed by atoms with Crippen LogP contribution in [-0.4, -0.2) is 48.1 Å². The van der Waals surface area contributed by atoms with Crippen LogP contribution in [0.5, 0.6) is 0 Å². The first kappa shape index (κ1) is 17.9. The first-order valence-electron chi connectivity index (χ1n) is 8.75. The lowest BCUT2D eigenvalue weighted by molar-refractivity contribution is 0.0916. The van der Waals surface area contributed by atoms with E-state index in [0.29, 0.717) is 38.0 Å². The summed E-state index contributed by atoms with van der Waals surface area (Å²) in [6.07, 6.45) is 1.93. The highest BCUT2D eigenvalue weighted by molar-refractivity contribution is 7.89. The van der Waals surface area contributed by atoms with Gasteiger partial charge in [0.25, 0.3) is 5.91 Å². The molecule has 0 unspecified atom stereocenters. The van der Waals surface area contributed by atoms with Gasteiger partial charge < -0.3 is 9.88 Å². The van der Waals surface area contributed by atoms with Crippen LogP contribution in [0.1, 0.15) is 36.7 Å². The number of carbonyl (C=O) groups is 1. The van der Waals surface area contributed by atoms with Gasteiger partial charge in [0, 0.05) is 37.1 Å². The predicted octanol–water partition coefficient (Wildman–Crippen LogP) is 2.11. The molecule has 136 valence electrons. The molecule has 0 aliphatic carbocycles. The van der Waals surface area contributed by atoms with Gasteiger partial charge in [0.1, 0.15) is 5.69 Å². The maximum Gasteiger partial charge on any atom is 0.268 e. The molecule has 1 aromatic heterocycles. The van der Waals surface area contributed by atoms with Crippen LogP contribution >= 0.6 is 0 Å². The largest absolute Gasteiger partial charge is 0.348 e. The fourth-order valence-corrected chi connectivity index (χ4v) is 4.97. The van der Waals surface area contributed by atoms with Crippen molar-refractivity contribution in [3.8, 4) is 0 Å². The molecule has 0 spiro atoms. The normalized spacial score (nSPS) is 17.0. The molecule has 1 aromatic carbocycles. The third-order valence-corrected chi connectivity index (χ3v) is 6.91. The Morgan fingerprint density at radius 1 is 1.24 bits per heavy atom. The number of fused-ring (bicyclic) bond motifs is 1. The molecule has 6 nitrogen and oxygen atoms in total. The molecule has 0 bridgehead atoms. The number of rotatable bonds is 5. The molecule has 0 radical (unpaired) electrons. The minimum absolute atomic E-state index is 0.0126. The zero-order valence-electron chi connectivity index (χ0n) is 14.7. The topological polar surface area (TPSA) is 71.4 Å². The third kappa shape index (κ3) is 3.72. The molecular formula is C18H25N3O3S. The van der Waals surface area contributed by atoms with Crippen LogP contribution in [0.25, 0.3) is 10.9 Å². The Kier molecular flexibility index (Phi) is 5.15. The van der Waals surface area contributed by atoms with Gasteiger partial charge in [-0.25, -0.2) is 12.7 Å². The molecule has 3 rings (SSSR count). The Morgan fingerprint density at radius 3 is 2.56 bits per heavy atom. The molecule has 1 amide bonds. The molecule has 7 heteroatoms. The van der Waals surface area contributed by atoms with Gasteiger partial charge in [-0.1, -0.05) is 25.1 Å². The van der Waals surface area contributed by atoms with E-state index in [-0.39, 0.29) is 17.7 Å². The number of benzene rings is 1. The average Bonchev–Trinajstić information content (AvgIpc) is 2.93. The summed E-state index contributed by atoms with van der Waals surface area (Å²) in [5, 5.41) is 4.10. The molecule has 0 saturated carbocycles. The maximum atomic E-state index is 12.6. The third-order valence-electron chi connectivity index (χ3n) is 4.83. The smallest absolute Gasteiger partial charge is 0.268 e. The summed E-state index contributed by atoms with van der Waals surface area (Å²) in [7, 11) is -1.26. The van der Waals surface area contributed by atoms with E-state index in [1.54, 1.807) is 4.31 Å². The Morgan fingerprint density at radius 2 is 1.92 bits per heavy atom. The number of hydrogen-bond acceptors (Lipinski definition) is 3. The fourth-order valence-electron chi connectivity index (χ4n) is 3.43. The Labute approximate surface area is 148 Å². The van der Waals surface area contributed by atoms with E-state index in [1.165, 1.54) is 0 Å². The zero-order valence-corrected chi connectivity index (χ0v) is 15.6. The lowest BCUT2D eigenvalue weighted by atomic mass is 10.1. The van der Waals surface area contributed by atoms with Gasteiger partial charge in [-0.3, -0.25) is 4.79 Å². The van der Waals surface area contributed by atoms with E-state index in [0.717, 1.165) is 10.9 Å². The fraction of sp³-hybridized carbons (Fsp3) is 0.500. The zero-order chi connectivity index (χ0) is 18.0. The molecule has 25 heavy (non-hydrogen) atoms. The second kappa shape index (κ2) is 7.17. The minimum atomic E-state index is -3.14. The monoisotopic (exact) mass is 363 g/mol. The van der Waals surface area contributed by atoms with E-state index >= 15 is 0 Å². The summed E-state index contributed by atoms with van der Waals surface area (Å²) in [6, 6.07) is 9.80. The molecule has 1 N–H and O–H groups in total. The van der Waals surface area contributed by atoms with Gasteiger partial charge >= 0.3 is 0 Å². The molecular weight excluding hydrogens is 338 g/mol. The van der Waals surface area contributed by atoms with Crippen molar-refractivity contribution in [1.29, 1.82) is 0 Å². The van der Waals surface area contributed by atoms with Crippen LogP contribution < -0.4 is 5.32 Å². The van der Waals surface area contributed by atoms with Crippen LogP contribution in [-0.2, 0) is 17.1 Å². The van der Waals surface area contributed by atoms with E-state index < -0.39 is 10.0 Å². The van der Waals surface area contributed by atoms with Crippen LogP contribution in [0.2, 0.25) is 0 Å². The summed E-state index contributed by atoms with van der Waals surface area (Å²) in [5.74, 6) is 0.0912. The SMILES string of the molecule is CCCS(=O)(=O)N1CCC(NC(=O)c2cc3ccccc3n2C)CC1. The predicted molar refractivity (Wildman–Crippen MR) is 99.1 cm³/mol. The van der Waals surface area contributed by atoms with Crippen molar-refractivity contribution >= 4 is 26.8 Å². The number of hydrogen-bond donors (Lipinski definition) is 1. The van der Waals surface area contributed by atoms with Crippen molar-refractivity contribution in [3.63, 3.8) is 0 Å². The summed E-state index contributed by atoms with van der Waals surface area (Å²) in [6.45, 7) is 2.82. The lowest BCUT2D eigenvalue weighted by Crippen LogP contribution is -2.47. The van der Waals surface area contributed by atoms with Crippen molar-refractivity contribution in [2.24, 2.45) is 7.05 Å². The first-order valence-corrected chi connectivity index (χ1v) is 10.4. The highest BCUT2D eigenvalue weighted by Gasteiger charge is 2.28. The minimum Gasteiger partial charge on any atom is -0.348 e. The Bertz CT molecular complexity index is 865. The number of piperidine rings is 1. The van der Waals surface area contributed by atoms with E-state index in [4.69, 9.17) is 0 Å². The van der Waals surface area contributed by atoms with Gasteiger partial charge in [0.2, 0.25) is 10.0 Å². The van der Waals surface area contributed by atoms with E-state index in [1.807, 2.05) is 48.9 Å². The summed E-state index contributed by atoms with van der Waals surface area (Å²) in [4.78, 5) is 12.6. The lowest BCUT2D eigenvalue weighted by Gasteiger charge is -2.31. The van der Waals surface area contributed by atoms with Crippen LogP contribution in [0.15, 0.2) is 30.3 Å². The molecule has 1 aliphatic rings. The molecule has 1 aliphatic heterocycles. The summed E-state index contributed by atoms with van der Waals surface area (Å²) >= 11 is 0. The number of amides is 1. The van der Waals surface area contributed by atoms with Crippen LogP contribution in [0, 0.1) is 0 Å². The van der Waals surface area contributed by atoms with Gasteiger partial charge in [0.05, 0.1) is 5.75 Å². The average molecular weight is 363 g/mol. The van der Waals surface area contributed by atoms with Crippen molar-refractivity contribution < 1.29 is 13.2 Å². The number of carbonyl (C=O) groups excluding carboxylic acids is 1. The highest BCUT2D eigenvalue weighted by Crippen LogP contribution is 2.20. The van der Waals surface area contributed by atoms with Crippen LogP contribution in [0.3, 0.4) is 0 Å². The van der Waals surface area contributed by atoms with Crippen molar-refractivity contribution in [1.82, 2.24) is 14.2 Å². The van der Waals surface area contributed by atoms with E-state index in [9.17, 15) is 13.2 Å². The number of nitrogens with zero attached hydrogens (tertiary/aromatic N) is 2. The van der Waals surface area contributed by atoms with Gasteiger partial charge in [-0.05, 0) is 31.4 Å². The summed E-state index contributed by atoms with van der Waals surface area (Å²) < 4.78 is 27.7.